The van der Waals surface area contributed by atoms with Crippen LogP contribution < -0.4 is 0 Å². The number of aryl methyl sites for hydroxylation is 2. The molecule has 2 aromatic carbocycles. The van der Waals surface area contributed by atoms with Gasteiger partial charge in [0.25, 0.3) is 0 Å². The molecule has 2 aromatic heterocycles. The first-order valence-electron chi connectivity index (χ1n) is 11.5. The molecule has 1 unspecified atom stereocenters. The van der Waals surface area contributed by atoms with Crippen LogP contribution in [0.3, 0.4) is 0 Å². The molecule has 2 aliphatic heterocycles. The van der Waals surface area contributed by atoms with Crippen LogP contribution in [0.25, 0.3) is 26.3 Å². The Kier molecular flexibility index (Phi) is 5.92. The molecule has 4 aromatic rings. The van der Waals surface area contributed by atoms with Gasteiger partial charge in [0.15, 0.2) is 12.1 Å². The van der Waals surface area contributed by atoms with Crippen molar-refractivity contribution >= 4 is 21.6 Å². The molecule has 6 atom stereocenters. The Labute approximate surface area is 209 Å². The maximum atomic E-state index is 11.4. The fourth-order valence-electron chi connectivity index (χ4n) is 4.76. The molecule has 0 radical (unpaired) electrons. The average Bonchev–Trinajstić information content (AvgIpc) is 3.46. The fraction of sp³-hybridized carbons (Fsp3) is 0.375. The quantitative estimate of drug-likeness (QED) is 0.250. The summed E-state index contributed by atoms with van der Waals surface area (Å²) in [4.78, 5) is 12.1. The average molecular weight is 506 g/mol. The third-order valence-corrected chi connectivity index (χ3v) is 7.28. The highest BCUT2D eigenvalue weighted by molar-refractivity contribution is 7.18. The third kappa shape index (κ3) is 4.03. The minimum Gasteiger partial charge on any atom is -0.389 e. The predicted octanol–water partition coefficient (Wildman–Crippen LogP) is 4.09. The van der Waals surface area contributed by atoms with Gasteiger partial charge in [-0.2, -0.15) is 5.10 Å². The molecular formula is C24H23N7O4S. The number of benzene rings is 2. The van der Waals surface area contributed by atoms with Crippen LogP contribution in [-0.2, 0) is 14.2 Å². The summed E-state index contributed by atoms with van der Waals surface area (Å²) in [7, 11) is 0. The second kappa shape index (κ2) is 9.25. The van der Waals surface area contributed by atoms with Crippen molar-refractivity contribution in [1.82, 2.24) is 19.7 Å². The third-order valence-electron chi connectivity index (χ3n) is 6.35. The van der Waals surface area contributed by atoms with Gasteiger partial charge < -0.3 is 19.3 Å². The molecule has 2 fully saturated rings. The molecule has 0 aliphatic carbocycles. The Balaban J connectivity index is 1.34. The molecule has 184 valence electrons. The number of aliphatic hydroxyl groups excluding tert-OH is 1. The minimum absolute atomic E-state index is 0.199. The van der Waals surface area contributed by atoms with Gasteiger partial charge in [0.2, 0.25) is 0 Å². The molecule has 12 heteroatoms. The number of nitrogens with zero attached hydrogens (tertiary/aromatic N) is 7. The maximum absolute atomic E-state index is 11.4. The molecular weight excluding hydrogens is 482 g/mol. The van der Waals surface area contributed by atoms with Crippen molar-refractivity contribution in [2.45, 2.75) is 50.6 Å². The van der Waals surface area contributed by atoms with Crippen LogP contribution in [0.4, 0.5) is 0 Å². The van der Waals surface area contributed by atoms with Gasteiger partial charge in [0, 0.05) is 10.5 Å². The standard InChI is InChI=1S/C24H23N7O4S/c1-12-26-23(31(29-12)15-8-9-16-18(10-15)36-13(2)27-16)22-20(32)19(28-30-25)21-17(34-22)11-33-24(35-21)14-6-4-3-5-7-14/h3-10,17,19-22,24,32H,11H2,1-2H3/t17-,19-,20-,21+,22-,24?/m1/s1. The van der Waals surface area contributed by atoms with Crippen molar-refractivity contribution in [1.29, 1.82) is 0 Å². The zero-order valence-corrected chi connectivity index (χ0v) is 20.3. The zero-order valence-electron chi connectivity index (χ0n) is 19.5. The molecule has 1 N–H and O–H groups in total. The summed E-state index contributed by atoms with van der Waals surface area (Å²) in [5.41, 5.74) is 11.8. The highest BCUT2D eigenvalue weighted by atomic mass is 32.1. The molecule has 11 nitrogen and oxygen atoms in total. The van der Waals surface area contributed by atoms with E-state index < -0.39 is 36.7 Å². The Hall–Kier alpha value is -3.38. The number of ether oxygens (including phenoxy) is 3. The van der Waals surface area contributed by atoms with Crippen molar-refractivity contribution in [2.24, 2.45) is 5.11 Å². The number of hydrogen-bond donors (Lipinski definition) is 1. The first kappa shape index (κ1) is 23.0. The molecule has 6 rings (SSSR count). The summed E-state index contributed by atoms with van der Waals surface area (Å²) in [6, 6.07) is 14.4. The van der Waals surface area contributed by atoms with E-state index in [1.165, 1.54) is 0 Å². The summed E-state index contributed by atoms with van der Waals surface area (Å²) in [5, 5.41) is 20.8. The van der Waals surface area contributed by atoms with Gasteiger partial charge in [-0.05, 0) is 37.6 Å². The molecule has 4 heterocycles. The first-order valence-corrected chi connectivity index (χ1v) is 12.3. The lowest BCUT2D eigenvalue weighted by molar-refractivity contribution is -0.309. The lowest BCUT2D eigenvalue weighted by atomic mass is 9.91. The number of fused-ring (bicyclic) bond motifs is 2. The number of hydrogen-bond acceptors (Lipinski definition) is 9. The van der Waals surface area contributed by atoms with Gasteiger partial charge in [-0.3, -0.25) is 0 Å². The minimum atomic E-state index is -1.21. The van der Waals surface area contributed by atoms with Gasteiger partial charge in [-0.15, -0.1) is 11.3 Å². The van der Waals surface area contributed by atoms with E-state index >= 15 is 0 Å². The van der Waals surface area contributed by atoms with E-state index in [2.05, 4.69) is 25.1 Å². The van der Waals surface area contributed by atoms with E-state index in [4.69, 9.17) is 14.2 Å². The molecule has 2 aliphatic rings. The molecule has 0 saturated carbocycles. The van der Waals surface area contributed by atoms with Gasteiger partial charge in [-0.25, -0.2) is 14.6 Å². The highest BCUT2D eigenvalue weighted by Gasteiger charge is 2.51. The van der Waals surface area contributed by atoms with E-state index in [0.717, 1.165) is 26.5 Å². The summed E-state index contributed by atoms with van der Waals surface area (Å²) in [6.07, 6.45) is -4.06. The van der Waals surface area contributed by atoms with Crippen LogP contribution in [0.2, 0.25) is 0 Å². The lowest BCUT2D eigenvalue weighted by Crippen LogP contribution is -2.58. The van der Waals surface area contributed by atoms with E-state index in [1.54, 1.807) is 22.9 Å². The highest BCUT2D eigenvalue weighted by Crippen LogP contribution is 2.40. The monoisotopic (exact) mass is 505 g/mol. The Morgan fingerprint density at radius 3 is 2.78 bits per heavy atom. The summed E-state index contributed by atoms with van der Waals surface area (Å²) in [6.45, 7) is 3.93. The fourth-order valence-corrected chi connectivity index (χ4v) is 5.62. The Morgan fingerprint density at radius 1 is 1.14 bits per heavy atom. The van der Waals surface area contributed by atoms with Crippen LogP contribution in [0.1, 0.15) is 34.6 Å². The SMILES string of the molecule is Cc1nc([C@@H]2O[C@@H]3COC(c4ccccc4)O[C@@H]3[C@H](N=[N+]=[N-])[C@H]2O)n(-c2ccc3nc(C)sc3c2)n1. The van der Waals surface area contributed by atoms with Crippen molar-refractivity contribution in [3.05, 3.63) is 81.2 Å². The second-order valence-corrected chi connectivity index (χ2v) is 10.0. The molecule has 0 spiro atoms. The van der Waals surface area contributed by atoms with Gasteiger partial charge in [0.1, 0.15) is 24.1 Å². The van der Waals surface area contributed by atoms with Crippen LogP contribution in [0.15, 0.2) is 53.6 Å². The summed E-state index contributed by atoms with van der Waals surface area (Å²) < 4.78 is 21.1. The summed E-state index contributed by atoms with van der Waals surface area (Å²) in [5.74, 6) is 0.923. The van der Waals surface area contributed by atoms with Gasteiger partial charge in [-0.1, -0.05) is 35.4 Å². The summed E-state index contributed by atoms with van der Waals surface area (Å²) >= 11 is 1.59. The van der Waals surface area contributed by atoms with Crippen molar-refractivity contribution in [2.75, 3.05) is 6.61 Å². The Bertz CT molecular complexity index is 1450. The molecule has 0 amide bonds. The van der Waals surface area contributed by atoms with Crippen LogP contribution >= 0.6 is 11.3 Å². The number of aliphatic hydroxyl groups is 1. The second-order valence-electron chi connectivity index (χ2n) is 8.77. The zero-order chi connectivity index (χ0) is 24.8. The topological polar surface area (TPSA) is 140 Å². The molecule has 2 saturated heterocycles. The van der Waals surface area contributed by atoms with Crippen LogP contribution in [-0.4, -0.2) is 55.8 Å². The number of thiazole rings is 1. The number of aromatic nitrogens is 4. The first-order chi connectivity index (χ1) is 17.5. The largest absolute Gasteiger partial charge is 0.389 e. The number of azide groups is 1. The van der Waals surface area contributed by atoms with E-state index in [-0.39, 0.29) is 6.61 Å². The molecule has 36 heavy (non-hydrogen) atoms. The van der Waals surface area contributed by atoms with Gasteiger partial charge >= 0.3 is 0 Å². The van der Waals surface area contributed by atoms with Crippen LogP contribution in [0.5, 0.6) is 0 Å². The molecule has 0 bridgehead atoms. The van der Waals surface area contributed by atoms with Gasteiger partial charge in [0.05, 0.1) is 39.7 Å². The lowest BCUT2D eigenvalue weighted by Gasteiger charge is -2.46. The van der Waals surface area contributed by atoms with Crippen molar-refractivity contribution in [3.8, 4) is 5.69 Å². The van der Waals surface area contributed by atoms with Crippen molar-refractivity contribution in [3.63, 3.8) is 0 Å². The maximum Gasteiger partial charge on any atom is 0.184 e. The van der Waals surface area contributed by atoms with Crippen LogP contribution in [0, 0.1) is 13.8 Å². The van der Waals surface area contributed by atoms with E-state index in [0.29, 0.717) is 11.6 Å². The predicted molar refractivity (Wildman–Crippen MR) is 131 cm³/mol. The number of rotatable bonds is 4. The normalized spacial score (nSPS) is 28.0. The van der Waals surface area contributed by atoms with Crippen molar-refractivity contribution < 1.29 is 19.3 Å². The van der Waals surface area contributed by atoms with E-state index in [9.17, 15) is 10.6 Å². The van der Waals surface area contributed by atoms with E-state index in [1.807, 2.05) is 55.5 Å². The Morgan fingerprint density at radius 2 is 1.97 bits per heavy atom. The smallest absolute Gasteiger partial charge is 0.184 e.